The quantitative estimate of drug-likeness (QED) is 0.797. The van der Waals surface area contributed by atoms with Gasteiger partial charge in [0.05, 0.1) is 19.4 Å². The third kappa shape index (κ3) is 5.21. The van der Waals surface area contributed by atoms with E-state index in [1.54, 1.807) is 17.2 Å². The lowest BCUT2D eigenvalue weighted by atomic mass is 10.1. The lowest BCUT2D eigenvalue weighted by Gasteiger charge is -2.28. The summed E-state index contributed by atoms with van der Waals surface area (Å²) in [5.74, 6) is 1.96. The number of furan rings is 2. The standard InChI is InChI=1S/C19H27N3O3/c1-21(11-12-22-9-3-2-4-10-22)19(23)18-8-7-17(25-18)15-20-14-16-6-5-13-24-16/h5-8,13,20H,2-4,9-12,14-15H2,1H3. The summed E-state index contributed by atoms with van der Waals surface area (Å²) >= 11 is 0. The molecule has 2 aromatic heterocycles. The number of hydrogen-bond acceptors (Lipinski definition) is 5. The first-order valence-corrected chi connectivity index (χ1v) is 9.02. The monoisotopic (exact) mass is 345 g/mol. The summed E-state index contributed by atoms with van der Waals surface area (Å²) in [5.41, 5.74) is 0. The number of nitrogens with one attached hydrogen (secondary N) is 1. The molecular weight excluding hydrogens is 318 g/mol. The molecule has 0 radical (unpaired) electrons. The van der Waals surface area contributed by atoms with E-state index in [0.717, 1.165) is 37.7 Å². The molecule has 0 atom stereocenters. The SMILES string of the molecule is CN(CCN1CCCCC1)C(=O)c1ccc(CNCc2ccco2)o1. The zero-order chi connectivity index (χ0) is 17.5. The van der Waals surface area contributed by atoms with Crippen molar-refractivity contribution in [2.75, 3.05) is 33.2 Å². The van der Waals surface area contributed by atoms with Crippen LogP contribution in [0, 0.1) is 0 Å². The number of rotatable bonds is 8. The lowest BCUT2D eigenvalue weighted by molar-refractivity contribution is 0.0739. The number of likely N-dealkylation sites (tertiary alicyclic amines) is 1. The lowest BCUT2D eigenvalue weighted by Crippen LogP contribution is -2.38. The molecule has 1 aliphatic heterocycles. The summed E-state index contributed by atoms with van der Waals surface area (Å²) in [6, 6.07) is 7.38. The Balaban J connectivity index is 1.42. The molecule has 1 N–H and O–H groups in total. The minimum atomic E-state index is -0.0608. The Morgan fingerprint density at radius 3 is 2.72 bits per heavy atom. The van der Waals surface area contributed by atoms with Crippen LogP contribution in [0.5, 0.6) is 0 Å². The number of amides is 1. The Morgan fingerprint density at radius 1 is 1.16 bits per heavy atom. The van der Waals surface area contributed by atoms with Crippen molar-refractivity contribution in [2.24, 2.45) is 0 Å². The largest absolute Gasteiger partial charge is 0.468 e. The average Bonchev–Trinajstić information content (AvgIpc) is 3.32. The molecule has 1 fully saturated rings. The second kappa shape index (κ2) is 8.87. The molecule has 0 saturated carbocycles. The maximum Gasteiger partial charge on any atom is 0.289 e. The van der Waals surface area contributed by atoms with Gasteiger partial charge in [0.25, 0.3) is 5.91 Å². The fourth-order valence-corrected chi connectivity index (χ4v) is 3.07. The summed E-state index contributed by atoms with van der Waals surface area (Å²) in [6.45, 7) is 5.15. The van der Waals surface area contributed by atoms with Crippen molar-refractivity contribution in [3.05, 3.63) is 47.8 Å². The molecule has 1 amide bonds. The number of likely N-dealkylation sites (N-methyl/N-ethyl adjacent to an activating group) is 1. The van der Waals surface area contributed by atoms with Crippen molar-refractivity contribution in [1.82, 2.24) is 15.1 Å². The molecule has 6 nitrogen and oxygen atoms in total. The van der Waals surface area contributed by atoms with E-state index in [1.807, 2.05) is 25.2 Å². The Hall–Kier alpha value is -2.05. The number of piperidine rings is 1. The van der Waals surface area contributed by atoms with Crippen LogP contribution in [0.25, 0.3) is 0 Å². The first kappa shape index (κ1) is 17.8. The molecule has 0 aromatic carbocycles. The molecule has 3 rings (SSSR count). The molecule has 1 saturated heterocycles. The van der Waals surface area contributed by atoms with Gasteiger partial charge in [-0.2, -0.15) is 0 Å². The van der Waals surface area contributed by atoms with Gasteiger partial charge in [0.2, 0.25) is 0 Å². The Labute approximate surface area is 148 Å². The summed E-state index contributed by atoms with van der Waals surface area (Å²) in [5, 5.41) is 3.23. The molecule has 0 aliphatic carbocycles. The number of nitrogens with zero attached hydrogens (tertiary/aromatic N) is 2. The van der Waals surface area contributed by atoms with Crippen molar-refractivity contribution in [1.29, 1.82) is 0 Å². The molecular formula is C19H27N3O3. The molecule has 3 heterocycles. The molecule has 0 unspecified atom stereocenters. The van der Waals surface area contributed by atoms with Crippen molar-refractivity contribution < 1.29 is 13.6 Å². The average molecular weight is 345 g/mol. The van der Waals surface area contributed by atoms with Crippen LogP contribution in [0.3, 0.4) is 0 Å². The van der Waals surface area contributed by atoms with E-state index in [-0.39, 0.29) is 5.91 Å². The maximum absolute atomic E-state index is 12.5. The third-order valence-electron chi connectivity index (χ3n) is 4.60. The molecule has 1 aliphatic rings. The highest BCUT2D eigenvalue weighted by Gasteiger charge is 2.17. The summed E-state index contributed by atoms with van der Waals surface area (Å²) in [7, 11) is 1.84. The van der Waals surface area contributed by atoms with Crippen LogP contribution in [0.2, 0.25) is 0 Å². The van der Waals surface area contributed by atoms with Crippen LogP contribution < -0.4 is 5.32 Å². The summed E-state index contributed by atoms with van der Waals surface area (Å²) in [4.78, 5) is 16.6. The van der Waals surface area contributed by atoms with E-state index < -0.39 is 0 Å². The summed E-state index contributed by atoms with van der Waals surface area (Å²) < 4.78 is 10.9. The van der Waals surface area contributed by atoms with E-state index in [1.165, 1.54) is 19.3 Å². The van der Waals surface area contributed by atoms with Crippen LogP contribution in [0.4, 0.5) is 0 Å². The predicted octanol–water partition coefficient (Wildman–Crippen LogP) is 2.72. The first-order valence-electron chi connectivity index (χ1n) is 9.02. The second-order valence-corrected chi connectivity index (χ2v) is 6.58. The Kier molecular flexibility index (Phi) is 6.30. The van der Waals surface area contributed by atoms with Gasteiger partial charge in [-0.05, 0) is 50.2 Å². The number of carbonyl (C=O) groups is 1. The van der Waals surface area contributed by atoms with Gasteiger partial charge >= 0.3 is 0 Å². The Bertz CT molecular complexity index is 645. The van der Waals surface area contributed by atoms with Crippen molar-refractivity contribution >= 4 is 5.91 Å². The fourth-order valence-electron chi connectivity index (χ4n) is 3.07. The van der Waals surface area contributed by atoms with Crippen LogP contribution in [0.1, 0.15) is 41.3 Å². The van der Waals surface area contributed by atoms with Gasteiger partial charge in [-0.15, -0.1) is 0 Å². The maximum atomic E-state index is 12.5. The van der Waals surface area contributed by atoms with Gasteiger partial charge in [0.15, 0.2) is 5.76 Å². The van der Waals surface area contributed by atoms with E-state index >= 15 is 0 Å². The first-order chi connectivity index (χ1) is 12.2. The van der Waals surface area contributed by atoms with Gasteiger partial charge in [-0.1, -0.05) is 6.42 Å². The van der Waals surface area contributed by atoms with E-state index in [0.29, 0.717) is 18.8 Å². The van der Waals surface area contributed by atoms with Gasteiger partial charge in [0, 0.05) is 20.1 Å². The number of hydrogen-bond donors (Lipinski definition) is 1. The topological polar surface area (TPSA) is 61.9 Å². The van der Waals surface area contributed by atoms with E-state index in [9.17, 15) is 4.79 Å². The fraction of sp³-hybridized carbons (Fsp3) is 0.526. The minimum Gasteiger partial charge on any atom is -0.468 e. The molecule has 0 spiro atoms. The van der Waals surface area contributed by atoms with E-state index in [2.05, 4.69) is 10.2 Å². The van der Waals surface area contributed by atoms with E-state index in [4.69, 9.17) is 8.83 Å². The van der Waals surface area contributed by atoms with Crippen molar-refractivity contribution in [3.63, 3.8) is 0 Å². The van der Waals surface area contributed by atoms with Crippen molar-refractivity contribution in [2.45, 2.75) is 32.4 Å². The van der Waals surface area contributed by atoms with Crippen LogP contribution in [-0.2, 0) is 13.1 Å². The highest BCUT2D eigenvalue weighted by atomic mass is 16.4. The zero-order valence-corrected chi connectivity index (χ0v) is 14.9. The normalized spacial score (nSPS) is 15.4. The summed E-state index contributed by atoms with van der Waals surface area (Å²) in [6.07, 6.45) is 5.52. The van der Waals surface area contributed by atoms with Gasteiger partial charge in [0.1, 0.15) is 11.5 Å². The van der Waals surface area contributed by atoms with Crippen LogP contribution in [-0.4, -0.2) is 48.9 Å². The molecule has 25 heavy (non-hydrogen) atoms. The number of carbonyl (C=O) groups excluding carboxylic acids is 1. The zero-order valence-electron chi connectivity index (χ0n) is 14.9. The predicted molar refractivity (Wildman–Crippen MR) is 95.2 cm³/mol. The van der Waals surface area contributed by atoms with Crippen LogP contribution in [0.15, 0.2) is 39.4 Å². The molecule has 2 aromatic rings. The van der Waals surface area contributed by atoms with Gasteiger partial charge in [-0.25, -0.2) is 0 Å². The Morgan fingerprint density at radius 2 is 1.96 bits per heavy atom. The highest BCUT2D eigenvalue weighted by molar-refractivity contribution is 5.91. The molecule has 6 heteroatoms. The molecule has 0 bridgehead atoms. The third-order valence-corrected chi connectivity index (χ3v) is 4.60. The van der Waals surface area contributed by atoms with Gasteiger partial charge in [-0.3, -0.25) is 4.79 Å². The highest BCUT2D eigenvalue weighted by Crippen LogP contribution is 2.12. The second-order valence-electron chi connectivity index (χ2n) is 6.58. The van der Waals surface area contributed by atoms with Gasteiger partial charge < -0.3 is 24.0 Å². The smallest absolute Gasteiger partial charge is 0.289 e. The van der Waals surface area contributed by atoms with Crippen LogP contribution >= 0.6 is 0 Å². The molecule has 136 valence electrons. The van der Waals surface area contributed by atoms with Crippen molar-refractivity contribution in [3.8, 4) is 0 Å². The minimum absolute atomic E-state index is 0.0608.